The number of likely N-dealkylation sites (N-methyl/N-ethyl adjacent to an activating group) is 1. The van der Waals surface area contributed by atoms with Crippen LogP contribution in [0.4, 0.5) is 0 Å². The number of nitrogens with zero attached hydrogens (tertiary/aromatic N) is 1. The highest BCUT2D eigenvalue weighted by atomic mass is 16.7. The molecule has 0 rings (SSSR count). The van der Waals surface area contributed by atoms with Crippen LogP contribution in [0.15, 0.2) is 219 Å². The predicted octanol–water partition coefficient (Wildman–Crippen LogP) is 28.4. The molecule has 0 bridgehead atoms. The second kappa shape index (κ2) is 85.2. The van der Waals surface area contributed by atoms with Crippen LogP contribution in [0.3, 0.4) is 0 Å². The van der Waals surface area contributed by atoms with Crippen molar-refractivity contribution < 1.29 is 42.9 Å². The molecule has 0 aromatic heterocycles. The van der Waals surface area contributed by atoms with Gasteiger partial charge in [0.05, 0.1) is 34.4 Å². The molecule has 2 atom stereocenters. The molecule has 0 fully saturated rings. The zero-order valence-corrected chi connectivity index (χ0v) is 69.0. The Balaban J connectivity index is 4.09. The monoisotopic (exact) mass is 1480 g/mol. The van der Waals surface area contributed by atoms with Crippen molar-refractivity contribution in [2.45, 2.75) is 334 Å². The van der Waals surface area contributed by atoms with E-state index in [1.165, 1.54) is 128 Å². The highest BCUT2D eigenvalue weighted by molar-refractivity contribution is 5.71. The first-order chi connectivity index (χ1) is 52.6. The zero-order valence-electron chi connectivity index (χ0n) is 69.0. The fourth-order valence-corrected chi connectivity index (χ4v) is 11.3. The van der Waals surface area contributed by atoms with E-state index in [1.54, 1.807) is 0 Å². The molecule has 1 N–H and O–H groups in total. The van der Waals surface area contributed by atoms with Gasteiger partial charge in [0, 0.05) is 12.8 Å². The summed E-state index contributed by atoms with van der Waals surface area (Å²) >= 11 is 0. The number of aliphatic carboxylic acids is 1. The Hall–Kier alpha value is -6.39. The van der Waals surface area contributed by atoms with Gasteiger partial charge in [-0.3, -0.25) is 9.59 Å². The van der Waals surface area contributed by atoms with Gasteiger partial charge in [0.1, 0.15) is 13.2 Å². The Bertz CT molecular complexity index is 2580. The maximum Gasteiger partial charge on any atom is 0.361 e. The molecule has 0 saturated carbocycles. The van der Waals surface area contributed by atoms with E-state index in [0.717, 1.165) is 161 Å². The van der Waals surface area contributed by atoms with Crippen molar-refractivity contribution >= 4 is 17.9 Å². The Morgan fingerprint density at radius 3 is 0.748 bits per heavy atom. The molecule has 2 unspecified atom stereocenters. The number of carboxylic acid groups (broad SMARTS) is 1. The normalized spacial score (nSPS) is 13.8. The van der Waals surface area contributed by atoms with Gasteiger partial charge in [-0.25, -0.2) is 4.79 Å². The van der Waals surface area contributed by atoms with Crippen LogP contribution in [0.5, 0.6) is 0 Å². The summed E-state index contributed by atoms with van der Waals surface area (Å²) in [5.74, 6) is -2.03. The number of ether oxygens (including phenoxy) is 4. The quantitative estimate of drug-likeness (QED) is 0.0211. The third-order valence-corrected chi connectivity index (χ3v) is 17.7. The number of carboxylic acids is 1. The van der Waals surface area contributed by atoms with Gasteiger partial charge in [-0.2, -0.15) is 0 Å². The summed E-state index contributed by atoms with van der Waals surface area (Å²) in [5, 5.41) is 9.79. The number of quaternary nitrogens is 1. The van der Waals surface area contributed by atoms with Gasteiger partial charge >= 0.3 is 17.9 Å². The lowest BCUT2D eigenvalue weighted by atomic mass is 10.0. The van der Waals surface area contributed by atoms with Crippen molar-refractivity contribution in [3.05, 3.63) is 219 Å². The van der Waals surface area contributed by atoms with E-state index in [2.05, 4.69) is 233 Å². The summed E-state index contributed by atoms with van der Waals surface area (Å²) in [7, 11) is 5.97. The Kier molecular flexibility index (Phi) is 80.1. The van der Waals surface area contributed by atoms with Gasteiger partial charge in [0.15, 0.2) is 6.10 Å². The Morgan fingerprint density at radius 1 is 0.280 bits per heavy atom. The molecule has 0 aromatic rings. The van der Waals surface area contributed by atoms with E-state index in [-0.39, 0.29) is 32.2 Å². The van der Waals surface area contributed by atoms with Crippen LogP contribution >= 0.6 is 0 Å². The number of allylic oxidation sites excluding steroid dienone is 36. The van der Waals surface area contributed by atoms with Crippen molar-refractivity contribution in [2.24, 2.45) is 0 Å². The van der Waals surface area contributed by atoms with Crippen molar-refractivity contribution in [3.63, 3.8) is 0 Å². The molecule has 602 valence electrons. The molecule has 9 nitrogen and oxygen atoms in total. The molecule has 0 heterocycles. The van der Waals surface area contributed by atoms with Gasteiger partial charge in [-0.1, -0.05) is 374 Å². The maximum absolute atomic E-state index is 13.0. The Labute approximate surface area is 657 Å². The van der Waals surface area contributed by atoms with E-state index in [1.807, 2.05) is 21.1 Å². The molecule has 0 aliphatic heterocycles. The number of esters is 2. The van der Waals surface area contributed by atoms with Crippen molar-refractivity contribution in [3.8, 4) is 0 Å². The zero-order chi connectivity index (χ0) is 77.4. The summed E-state index contributed by atoms with van der Waals surface area (Å²) in [5.41, 5.74) is 0. The number of unbranched alkanes of at least 4 members (excludes halogenated alkanes) is 26. The van der Waals surface area contributed by atoms with Crippen LogP contribution in [0.1, 0.15) is 322 Å². The highest BCUT2D eigenvalue weighted by Crippen LogP contribution is 2.18. The van der Waals surface area contributed by atoms with E-state index in [0.29, 0.717) is 23.9 Å². The average molecular weight is 1480 g/mol. The van der Waals surface area contributed by atoms with E-state index >= 15 is 0 Å². The molecule has 0 amide bonds. The summed E-state index contributed by atoms with van der Waals surface area (Å²) < 4.78 is 23.0. The fourth-order valence-electron chi connectivity index (χ4n) is 11.3. The average Bonchev–Trinajstić information content (AvgIpc) is 0.965. The van der Waals surface area contributed by atoms with Crippen LogP contribution < -0.4 is 0 Å². The largest absolute Gasteiger partial charge is 0.477 e. The predicted molar refractivity (Wildman–Crippen MR) is 465 cm³/mol. The van der Waals surface area contributed by atoms with Crippen molar-refractivity contribution in [2.75, 3.05) is 47.5 Å². The smallest absolute Gasteiger partial charge is 0.361 e. The second-order valence-corrected chi connectivity index (χ2v) is 29.0. The third kappa shape index (κ3) is 86.7. The van der Waals surface area contributed by atoms with Crippen LogP contribution in [-0.2, 0) is 33.3 Å². The molecular formula is C98H158NO8+. The van der Waals surface area contributed by atoms with Crippen LogP contribution in [-0.4, -0.2) is 87.4 Å². The van der Waals surface area contributed by atoms with E-state index < -0.39 is 24.3 Å². The van der Waals surface area contributed by atoms with Gasteiger partial charge in [-0.15, -0.1) is 0 Å². The first-order valence-electron chi connectivity index (χ1n) is 42.9. The summed E-state index contributed by atoms with van der Waals surface area (Å²) in [6.45, 7) is 4.63. The number of rotatable bonds is 77. The van der Waals surface area contributed by atoms with Crippen molar-refractivity contribution in [1.82, 2.24) is 0 Å². The Morgan fingerprint density at radius 2 is 0.505 bits per heavy atom. The number of hydrogen-bond acceptors (Lipinski definition) is 7. The van der Waals surface area contributed by atoms with Gasteiger partial charge in [-0.05, 0) is 154 Å². The fraction of sp³-hybridized carbons (Fsp3) is 0.602. The molecule has 0 aliphatic rings. The SMILES string of the molecule is CC/C=C\C/C=C\C/C=C\C/C=C\C/C=C\C/C=C\C/C=C\C/C=C\C/C=C\C/C=C\C/C=C\CCCCCCCCCC(=O)OC(COC(=O)CCCCCCCCCCCCCCCCCCCCC/C=C\C/C=C\C/C=C\C/C=C\C/C=C\C/C=C\C/C=C\CC)COC(OCC[N+](C)(C)C)C(=O)O. The molecule has 107 heavy (non-hydrogen) atoms. The molecule has 0 spiro atoms. The number of carbonyl (C=O) groups is 3. The lowest BCUT2D eigenvalue weighted by Crippen LogP contribution is -2.40. The maximum atomic E-state index is 13.0. The minimum atomic E-state index is -1.53. The van der Waals surface area contributed by atoms with Crippen LogP contribution in [0.25, 0.3) is 0 Å². The summed E-state index contributed by atoms with van der Waals surface area (Å²) in [6, 6.07) is 0. The molecule has 0 aromatic carbocycles. The second-order valence-electron chi connectivity index (χ2n) is 29.0. The van der Waals surface area contributed by atoms with Crippen LogP contribution in [0, 0.1) is 0 Å². The highest BCUT2D eigenvalue weighted by Gasteiger charge is 2.25. The minimum Gasteiger partial charge on any atom is -0.477 e. The van der Waals surface area contributed by atoms with Crippen LogP contribution in [0.2, 0.25) is 0 Å². The minimum absolute atomic E-state index is 0.176. The summed E-state index contributed by atoms with van der Waals surface area (Å²) in [4.78, 5) is 37.8. The van der Waals surface area contributed by atoms with E-state index in [4.69, 9.17) is 18.9 Å². The number of carbonyl (C=O) groups excluding carboxylic acids is 2. The topological polar surface area (TPSA) is 108 Å². The van der Waals surface area contributed by atoms with Crippen molar-refractivity contribution in [1.29, 1.82) is 0 Å². The first kappa shape index (κ1) is 101. The number of hydrogen-bond donors (Lipinski definition) is 1. The summed E-state index contributed by atoms with van der Waals surface area (Å²) in [6.07, 6.45) is 131. The molecule has 9 heteroatoms. The standard InChI is InChI=1S/C98H157NO8/c1-6-8-10-12-14-16-18-20-22-24-26-28-30-32-34-36-38-40-42-44-46-48-50-52-54-56-58-60-62-64-66-68-70-72-74-76-78-80-82-84-86-88-95(100)105-92-94(93-106-98(97(102)103)104-91-90-99(3,4)5)107-96(101)89-87-85-83-81-79-77-75-73-71-69-67-65-63-61-59-57-55-53-51-49-47-45-43-41-39-37-35-33-31-29-27-25-23-21-19-17-15-13-11-9-7-2/h8-11,14-17,20-23,26-29,32-35,38-41,44-47,51,53,57,59,63,65,69,71,94,98H,6-7,12-13,18-19,24-25,30-31,36-37,42-43,48-50,52,54-56,58,60-62,64,66-68,70,72-93H2,1-5H3/p+1/b10-8-,11-9-,16-14-,17-15-,22-20-,23-21-,28-26-,29-27-,34-32-,35-33-,40-38-,41-39-,46-44-,47-45-,53-51-,59-57-,65-63-,71-69-. The lowest BCUT2D eigenvalue weighted by Gasteiger charge is -2.25. The molecule has 0 aliphatic carbocycles. The molecular weight excluding hydrogens is 1320 g/mol. The van der Waals surface area contributed by atoms with E-state index in [9.17, 15) is 19.5 Å². The van der Waals surface area contributed by atoms with Gasteiger partial charge < -0.3 is 28.5 Å². The van der Waals surface area contributed by atoms with Gasteiger partial charge in [0.2, 0.25) is 0 Å². The lowest BCUT2D eigenvalue weighted by molar-refractivity contribution is -0.870. The third-order valence-electron chi connectivity index (χ3n) is 17.7. The van der Waals surface area contributed by atoms with Gasteiger partial charge in [0.25, 0.3) is 6.29 Å². The first-order valence-corrected chi connectivity index (χ1v) is 42.9. The molecule has 0 radical (unpaired) electrons. The molecule has 0 saturated heterocycles.